The van der Waals surface area contributed by atoms with Gasteiger partial charge in [0.15, 0.2) is 11.6 Å². The SMILES string of the molecule is COC(=O)N[C@H](C(=O)N1CCC[C@H]1c1nc(-c2ccc([C@H]3CC[C@H](c4ccc(C5=CNC([C@@H]6CCCN6C(=O)[C@@H](NC(=O)OC)C(C)C)N5C)cc4)N3c3cc(F)c(N4CCC(c5ccccc5)CC4)c(F)c3)cc2)c[nH]1)C(C)C. The van der Waals surface area contributed by atoms with Crippen molar-refractivity contribution in [3.05, 3.63) is 143 Å². The molecule has 4 amide bonds. The molecule has 4 fully saturated rings. The van der Waals surface area contributed by atoms with Crippen LogP contribution in [0.4, 0.5) is 29.7 Å². The number of imidazole rings is 1. The number of aromatic nitrogens is 2. The van der Waals surface area contributed by atoms with E-state index in [1.54, 1.807) is 4.90 Å². The number of alkyl carbamates (subject to hydrolysis) is 2. The quantitative estimate of drug-likeness (QED) is 0.0788. The fraction of sp³-hybridized carbons (Fsp3) is 0.468. The molecule has 4 saturated heterocycles. The minimum absolute atomic E-state index is 0.0193. The third kappa shape index (κ3) is 11.3. The number of amides is 4. The average molecular weight is 1100 g/mol. The van der Waals surface area contributed by atoms with E-state index in [0.29, 0.717) is 43.6 Å². The molecule has 0 aliphatic carbocycles. The van der Waals surface area contributed by atoms with Crippen LogP contribution in [0.1, 0.15) is 131 Å². The highest BCUT2D eigenvalue weighted by molar-refractivity contribution is 5.87. The Kier molecular flexibility index (Phi) is 16.7. The predicted molar refractivity (Wildman–Crippen MR) is 304 cm³/mol. The molecule has 5 aliphatic heterocycles. The van der Waals surface area contributed by atoms with E-state index in [-0.39, 0.29) is 59.7 Å². The fourth-order valence-corrected chi connectivity index (χ4v) is 13.0. The molecule has 5 aromatic rings. The zero-order chi connectivity index (χ0) is 56.4. The third-order valence-electron chi connectivity index (χ3n) is 17.3. The molecule has 1 aromatic heterocycles. The first kappa shape index (κ1) is 55.7. The topological polar surface area (TPSA) is 168 Å². The number of piperidine rings is 1. The third-order valence-corrected chi connectivity index (χ3v) is 17.3. The molecule has 7 atom stereocenters. The molecule has 4 aromatic carbocycles. The molecule has 4 N–H and O–H groups in total. The number of nitrogens with one attached hydrogen (secondary N) is 4. The number of anilines is 2. The van der Waals surface area contributed by atoms with Crippen LogP contribution in [0.15, 0.2) is 103 Å². The standard InChI is InChI=1S/C62H76F2N10O6/c1-37(2)54(68-61(77)79-6)59(75)72-29-11-15-51(72)57-65-35-48(67-57)41-17-19-42(20-18-41)49-25-26-50(74(49)45-33-46(63)56(47(64)34-45)71-31-27-40(28-32-71)39-13-9-8-10-14-39)43-21-23-44(24-22-43)53-36-66-58(70(53)5)52-16-12-30-73(52)60(76)55(38(3)4)69-62(78)80-7/h8-10,13-14,17-24,33-38,40,49-52,54-55,58,66H,11-12,15-16,25-32H2,1-7H3,(H,65,67)(H,68,77)(H,69,78)/t49-,50-,51+,52+,54+,55+,58?/m1/s1. The normalized spacial score (nSPS) is 22.2. The number of carbonyl (C=O) groups is 4. The molecule has 18 heteroatoms. The second kappa shape index (κ2) is 24.0. The Morgan fingerprint density at radius 3 is 1.77 bits per heavy atom. The summed E-state index contributed by atoms with van der Waals surface area (Å²) in [5.74, 6) is -0.745. The van der Waals surface area contributed by atoms with E-state index in [9.17, 15) is 19.2 Å². The summed E-state index contributed by atoms with van der Waals surface area (Å²) in [6.07, 6.45) is 8.62. The van der Waals surface area contributed by atoms with Crippen molar-refractivity contribution >= 4 is 41.1 Å². The number of nitrogens with zero attached hydrogens (tertiary/aromatic N) is 6. The van der Waals surface area contributed by atoms with Gasteiger partial charge in [0.05, 0.1) is 49.8 Å². The Labute approximate surface area is 468 Å². The molecule has 0 radical (unpaired) electrons. The van der Waals surface area contributed by atoms with Crippen LogP contribution in [0.25, 0.3) is 17.0 Å². The molecule has 10 rings (SSSR count). The number of likely N-dealkylation sites (N-methyl/N-ethyl adjacent to an activating group) is 1. The molecule has 424 valence electrons. The highest BCUT2D eigenvalue weighted by atomic mass is 19.1. The van der Waals surface area contributed by atoms with Gasteiger partial charge in [0.25, 0.3) is 0 Å². The summed E-state index contributed by atoms with van der Waals surface area (Å²) in [6.45, 7) is 9.84. The van der Waals surface area contributed by atoms with Gasteiger partial charge in [-0.3, -0.25) is 9.59 Å². The van der Waals surface area contributed by atoms with Gasteiger partial charge in [-0.2, -0.15) is 0 Å². The Morgan fingerprint density at radius 1 is 0.650 bits per heavy atom. The Hall–Kier alpha value is -7.63. The molecule has 1 unspecified atom stereocenters. The van der Waals surface area contributed by atoms with Crippen molar-refractivity contribution in [3.63, 3.8) is 0 Å². The minimum atomic E-state index is -0.742. The van der Waals surface area contributed by atoms with E-state index in [1.807, 2.05) is 87.3 Å². The average Bonchev–Trinajstić information content (AvgIpc) is 4.44. The second-order valence-electron chi connectivity index (χ2n) is 22.8. The largest absolute Gasteiger partial charge is 0.453 e. The van der Waals surface area contributed by atoms with E-state index >= 15 is 8.78 Å². The number of hydrogen-bond donors (Lipinski definition) is 4. The number of likely N-dealkylation sites (tertiary alicyclic amines) is 2. The van der Waals surface area contributed by atoms with Gasteiger partial charge in [0.2, 0.25) is 11.8 Å². The summed E-state index contributed by atoms with van der Waals surface area (Å²) in [4.78, 5) is 70.4. The summed E-state index contributed by atoms with van der Waals surface area (Å²) in [7, 11) is 4.60. The summed E-state index contributed by atoms with van der Waals surface area (Å²) in [5.41, 5.74) is 7.30. The molecule has 6 heterocycles. The summed E-state index contributed by atoms with van der Waals surface area (Å²) < 4.78 is 43.2. The van der Waals surface area contributed by atoms with Crippen LogP contribution in [-0.2, 0) is 19.1 Å². The number of hydrogen-bond acceptors (Lipinski definition) is 11. The summed E-state index contributed by atoms with van der Waals surface area (Å²) in [5, 5.41) is 9.02. The van der Waals surface area contributed by atoms with E-state index in [1.165, 1.54) is 31.9 Å². The monoisotopic (exact) mass is 1090 g/mol. The van der Waals surface area contributed by atoms with Gasteiger partial charge in [0, 0.05) is 56.9 Å². The number of methoxy groups -OCH3 is 2. The van der Waals surface area contributed by atoms with Crippen molar-refractivity contribution in [3.8, 4) is 11.3 Å². The number of H-pyrrole nitrogens is 1. The lowest BCUT2D eigenvalue weighted by molar-refractivity contribution is -0.136. The maximum absolute atomic E-state index is 16.8. The number of ether oxygens (including phenoxy) is 2. The second-order valence-corrected chi connectivity index (χ2v) is 22.8. The predicted octanol–water partition coefficient (Wildman–Crippen LogP) is 10.4. The van der Waals surface area contributed by atoms with Crippen LogP contribution in [0, 0.1) is 23.5 Å². The van der Waals surface area contributed by atoms with Crippen molar-refractivity contribution in [2.24, 2.45) is 11.8 Å². The van der Waals surface area contributed by atoms with Crippen LogP contribution in [-0.4, -0.2) is 120 Å². The zero-order valence-electron chi connectivity index (χ0n) is 47.0. The number of halogens is 2. The maximum atomic E-state index is 16.8. The first-order valence-electron chi connectivity index (χ1n) is 28.5. The lowest BCUT2D eigenvalue weighted by Crippen LogP contribution is -2.57. The summed E-state index contributed by atoms with van der Waals surface area (Å²) >= 11 is 0. The van der Waals surface area contributed by atoms with E-state index in [2.05, 4.69) is 79.3 Å². The van der Waals surface area contributed by atoms with E-state index in [0.717, 1.165) is 85.0 Å². The number of aromatic amines is 1. The van der Waals surface area contributed by atoms with Crippen molar-refractivity contribution in [1.29, 1.82) is 0 Å². The Bertz CT molecular complexity index is 3010. The van der Waals surface area contributed by atoms with Crippen molar-refractivity contribution < 1.29 is 37.4 Å². The lowest BCUT2D eigenvalue weighted by atomic mass is 9.89. The van der Waals surface area contributed by atoms with Crippen molar-refractivity contribution in [1.82, 2.24) is 40.6 Å². The molecule has 0 spiro atoms. The number of benzene rings is 4. The van der Waals surface area contributed by atoms with Crippen LogP contribution >= 0.6 is 0 Å². The lowest BCUT2D eigenvalue weighted by Gasteiger charge is -2.37. The van der Waals surface area contributed by atoms with Gasteiger partial charge in [-0.15, -0.1) is 0 Å². The molecular weight excluding hydrogens is 1020 g/mol. The van der Waals surface area contributed by atoms with Gasteiger partial charge < -0.3 is 54.9 Å². The van der Waals surface area contributed by atoms with Crippen LogP contribution in [0.3, 0.4) is 0 Å². The van der Waals surface area contributed by atoms with Crippen molar-refractivity contribution in [2.75, 3.05) is 57.2 Å². The van der Waals surface area contributed by atoms with Gasteiger partial charge in [0.1, 0.15) is 29.8 Å². The van der Waals surface area contributed by atoms with Gasteiger partial charge in [-0.25, -0.2) is 23.4 Å². The maximum Gasteiger partial charge on any atom is 0.407 e. The number of rotatable bonds is 15. The van der Waals surface area contributed by atoms with Crippen LogP contribution < -0.4 is 25.8 Å². The highest BCUT2D eigenvalue weighted by Gasteiger charge is 2.43. The molecule has 5 aliphatic rings. The molecule has 0 saturated carbocycles. The molecule has 80 heavy (non-hydrogen) atoms. The van der Waals surface area contributed by atoms with E-state index < -0.39 is 35.9 Å². The van der Waals surface area contributed by atoms with E-state index in [4.69, 9.17) is 14.5 Å². The van der Waals surface area contributed by atoms with Gasteiger partial charge >= 0.3 is 12.2 Å². The van der Waals surface area contributed by atoms with Crippen molar-refractivity contribution in [2.45, 2.75) is 127 Å². The van der Waals surface area contributed by atoms with Gasteiger partial charge in [-0.05, 0) is 104 Å². The van der Waals surface area contributed by atoms with Gasteiger partial charge in [-0.1, -0.05) is 107 Å². The minimum Gasteiger partial charge on any atom is -0.453 e. The molecule has 0 bridgehead atoms. The first-order chi connectivity index (χ1) is 38.6. The van der Waals surface area contributed by atoms with Crippen LogP contribution in [0.5, 0.6) is 0 Å². The fourth-order valence-electron chi connectivity index (χ4n) is 13.0. The van der Waals surface area contributed by atoms with Crippen LogP contribution in [0.2, 0.25) is 0 Å². The molecular formula is C62H76F2N10O6. The number of carbonyl (C=O) groups excluding carboxylic acids is 4. The smallest absolute Gasteiger partial charge is 0.407 e. The highest BCUT2D eigenvalue weighted by Crippen LogP contribution is 2.49. The zero-order valence-corrected chi connectivity index (χ0v) is 47.0. The Balaban J connectivity index is 0.893. The molecule has 16 nitrogen and oxygen atoms in total. The Morgan fingerprint density at radius 2 is 1.20 bits per heavy atom. The summed E-state index contributed by atoms with van der Waals surface area (Å²) in [6, 6.07) is 27.7. The first-order valence-corrected chi connectivity index (χ1v) is 28.5.